The summed E-state index contributed by atoms with van der Waals surface area (Å²) in [5, 5.41) is 19.2. The van der Waals surface area contributed by atoms with E-state index in [1.165, 1.54) is 64.2 Å². The first-order chi connectivity index (χ1) is 17.3. The largest absolute Gasteiger partial charge is 0.490 e. The first-order valence-corrected chi connectivity index (χ1v) is 17.4. The Morgan fingerprint density at radius 3 is 1.43 bits per heavy atom. The molecule has 0 heterocycles. The first kappa shape index (κ1) is 37.3. The van der Waals surface area contributed by atoms with Gasteiger partial charge >= 0.3 is 23.5 Å². The highest BCUT2D eigenvalue weighted by Gasteiger charge is 2.42. The molecule has 0 bridgehead atoms. The van der Waals surface area contributed by atoms with Crippen LogP contribution in [-0.4, -0.2) is 62.8 Å². The summed E-state index contributed by atoms with van der Waals surface area (Å²) in [5.41, 5.74) is -1.53. The normalized spacial score (nSPS) is 16.0. The third-order valence-electron chi connectivity index (χ3n) is 5.67. The maximum Gasteiger partial charge on any atom is 0.490 e. The monoisotopic (exact) mass is 600 g/mol. The average Bonchev–Trinajstić information content (AvgIpc) is 2.78. The van der Waals surface area contributed by atoms with E-state index in [-0.39, 0.29) is 6.61 Å². The predicted octanol–water partition coefficient (Wildman–Crippen LogP) is 4.80. The van der Waals surface area contributed by atoms with Gasteiger partial charge in [0.05, 0.1) is 31.8 Å². The molecule has 13 nitrogen and oxygen atoms in total. The summed E-state index contributed by atoms with van der Waals surface area (Å²) in [7, 11) is -16.5. The predicted molar refractivity (Wildman–Crippen MR) is 138 cm³/mol. The third-order valence-corrected chi connectivity index (χ3v) is 9.45. The van der Waals surface area contributed by atoms with Crippen molar-refractivity contribution >= 4 is 23.5 Å². The standard InChI is InChI=1S/C21H47O13P3/c1-2-3-4-5-6-7-8-9-10-11-12-13-14-15-16-31-19-21(17-22,18-23)20-32-36(27,28)34-37(29,30)33-35(24,25)26/h22-23H,2-20H2,1H3,(H,27,28)(H,29,30)(H2,24,25,26). The van der Waals surface area contributed by atoms with E-state index in [9.17, 15) is 33.7 Å². The molecule has 0 saturated heterocycles. The summed E-state index contributed by atoms with van der Waals surface area (Å²) < 4.78 is 51.2. The lowest BCUT2D eigenvalue weighted by Crippen LogP contribution is -2.39. The van der Waals surface area contributed by atoms with Gasteiger partial charge in [-0.2, -0.15) is 8.62 Å². The highest BCUT2D eigenvalue weighted by Crippen LogP contribution is 2.66. The van der Waals surface area contributed by atoms with Crippen molar-refractivity contribution < 1.29 is 61.4 Å². The summed E-state index contributed by atoms with van der Waals surface area (Å²) >= 11 is 0. The highest BCUT2D eigenvalue weighted by molar-refractivity contribution is 7.66. The number of unbranched alkanes of at least 4 members (excludes halogenated alkanes) is 13. The lowest BCUT2D eigenvalue weighted by molar-refractivity contribution is -0.0566. The molecular weight excluding hydrogens is 553 g/mol. The van der Waals surface area contributed by atoms with Crippen LogP contribution >= 0.6 is 23.5 Å². The fraction of sp³-hybridized carbons (Fsp3) is 1.00. The van der Waals surface area contributed by atoms with Gasteiger partial charge in [-0.15, -0.1) is 0 Å². The first-order valence-electron chi connectivity index (χ1n) is 12.9. The Labute approximate surface area is 220 Å². The third kappa shape index (κ3) is 21.8. The lowest BCUT2D eigenvalue weighted by atomic mass is 9.93. The summed E-state index contributed by atoms with van der Waals surface area (Å²) in [5.74, 6) is 0. The van der Waals surface area contributed by atoms with E-state index in [0.717, 1.165) is 25.7 Å². The van der Waals surface area contributed by atoms with Crippen molar-refractivity contribution in [2.75, 3.05) is 33.0 Å². The number of ether oxygens (including phenoxy) is 1. The zero-order valence-electron chi connectivity index (χ0n) is 21.8. The molecular formula is C21H47O13P3. The minimum Gasteiger partial charge on any atom is -0.396 e. The fourth-order valence-electron chi connectivity index (χ4n) is 3.48. The van der Waals surface area contributed by atoms with Crippen LogP contribution in [0.1, 0.15) is 96.8 Å². The van der Waals surface area contributed by atoms with E-state index in [4.69, 9.17) is 14.5 Å². The van der Waals surface area contributed by atoms with E-state index in [1.807, 2.05) is 0 Å². The van der Waals surface area contributed by atoms with Crippen LogP contribution in [0.3, 0.4) is 0 Å². The van der Waals surface area contributed by atoms with Crippen LogP contribution in [0.4, 0.5) is 0 Å². The molecule has 0 fully saturated rings. The maximum atomic E-state index is 11.9. The number of phosphoric acid groups is 3. The van der Waals surface area contributed by atoms with Gasteiger partial charge in [-0.25, -0.2) is 13.7 Å². The summed E-state index contributed by atoms with van der Waals surface area (Å²) in [6.45, 7) is 0.0735. The molecule has 0 amide bonds. The smallest absolute Gasteiger partial charge is 0.396 e. The van der Waals surface area contributed by atoms with Crippen molar-refractivity contribution in [1.29, 1.82) is 0 Å². The summed E-state index contributed by atoms with van der Waals surface area (Å²) in [4.78, 5) is 35.8. The Morgan fingerprint density at radius 1 is 0.595 bits per heavy atom. The molecule has 0 aliphatic rings. The SMILES string of the molecule is CCCCCCCCCCCCCCCCOCC(CO)(CO)COP(=O)(O)OP(=O)(O)OP(=O)(O)O. The van der Waals surface area contributed by atoms with Crippen molar-refractivity contribution in [1.82, 2.24) is 0 Å². The zero-order valence-corrected chi connectivity index (χ0v) is 24.5. The van der Waals surface area contributed by atoms with Gasteiger partial charge in [0, 0.05) is 6.61 Å². The number of aliphatic hydroxyl groups excluding tert-OH is 2. The Balaban J connectivity index is 4.06. The number of rotatable bonds is 26. The van der Waals surface area contributed by atoms with Crippen LogP contribution in [0.2, 0.25) is 0 Å². The molecule has 0 saturated carbocycles. The number of phosphoric ester groups is 1. The Hall–Kier alpha value is 0.290. The highest BCUT2D eigenvalue weighted by atomic mass is 31.3. The fourth-order valence-corrected chi connectivity index (χ4v) is 6.61. The van der Waals surface area contributed by atoms with Crippen LogP contribution < -0.4 is 0 Å². The van der Waals surface area contributed by atoms with E-state index in [2.05, 4.69) is 20.1 Å². The van der Waals surface area contributed by atoms with Gasteiger partial charge in [-0.3, -0.25) is 4.52 Å². The van der Waals surface area contributed by atoms with E-state index in [1.54, 1.807) is 0 Å². The van der Waals surface area contributed by atoms with Gasteiger partial charge in [-0.1, -0.05) is 90.4 Å². The topological polar surface area (TPSA) is 210 Å². The second-order valence-corrected chi connectivity index (χ2v) is 13.7. The molecule has 0 aromatic heterocycles. The molecule has 0 spiro atoms. The van der Waals surface area contributed by atoms with Crippen molar-refractivity contribution in [2.45, 2.75) is 96.8 Å². The Bertz CT molecular complexity index is 712. The molecule has 37 heavy (non-hydrogen) atoms. The molecule has 0 aliphatic carbocycles. The molecule has 224 valence electrons. The molecule has 6 N–H and O–H groups in total. The minimum absolute atomic E-state index is 0.242. The van der Waals surface area contributed by atoms with Crippen molar-refractivity contribution in [3.63, 3.8) is 0 Å². The van der Waals surface area contributed by atoms with Crippen LogP contribution in [-0.2, 0) is 31.6 Å². The van der Waals surface area contributed by atoms with Crippen LogP contribution in [0.25, 0.3) is 0 Å². The second kappa shape index (κ2) is 20.2. The number of hydrogen-bond acceptors (Lipinski definition) is 9. The summed E-state index contributed by atoms with van der Waals surface area (Å²) in [6, 6.07) is 0. The minimum atomic E-state index is -5.65. The van der Waals surface area contributed by atoms with Crippen molar-refractivity contribution in [3.8, 4) is 0 Å². The van der Waals surface area contributed by atoms with Crippen LogP contribution in [0.5, 0.6) is 0 Å². The molecule has 0 radical (unpaired) electrons. The Morgan fingerprint density at radius 2 is 1.03 bits per heavy atom. The molecule has 0 aromatic carbocycles. The molecule has 0 aromatic rings. The molecule has 2 atom stereocenters. The van der Waals surface area contributed by atoms with E-state index < -0.39 is 48.7 Å². The van der Waals surface area contributed by atoms with E-state index in [0.29, 0.717) is 6.61 Å². The molecule has 0 rings (SSSR count). The van der Waals surface area contributed by atoms with Crippen LogP contribution in [0, 0.1) is 5.41 Å². The molecule has 2 unspecified atom stereocenters. The van der Waals surface area contributed by atoms with Gasteiger partial charge in [0.25, 0.3) is 0 Å². The van der Waals surface area contributed by atoms with Crippen molar-refractivity contribution in [3.05, 3.63) is 0 Å². The molecule has 16 heteroatoms. The van der Waals surface area contributed by atoms with Crippen molar-refractivity contribution in [2.24, 2.45) is 5.41 Å². The van der Waals surface area contributed by atoms with Gasteiger partial charge < -0.3 is 34.5 Å². The summed E-state index contributed by atoms with van der Waals surface area (Å²) in [6.07, 6.45) is 16.9. The van der Waals surface area contributed by atoms with Crippen LogP contribution in [0.15, 0.2) is 0 Å². The molecule has 0 aliphatic heterocycles. The average molecular weight is 601 g/mol. The Kier molecular flexibility index (Phi) is 20.4. The van der Waals surface area contributed by atoms with E-state index >= 15 is 0 Å². The number of aliphatic hydroxyl groups is 2. The zero-order chi connectivity index (χ0) is 28.3. The number of hydrogen-bond donors (Lipinski definition) is 6. The van der Waals surface area contributed by atoms with Gasteiger partial charge in [-0.05, 0) is 6.42 Å². The second-order valence-electron chi connectivity index (χ2n) is 9.33. The quantitative estimate of drug-likeness (QED) is 0.0583. The van der Waals surface area contributed by atoms with Gasteiger partial charge in [0.2, 0.25) is 0 Å². The maximum absolute atomic E-state index is 11.9. The van der Waals surface area contributed by atoms with Gasteiger partial charge in [0.1, 0.15) is 0 Å². The van der Waals surface area contributed by atoms with Gasteiger partial charge in [0.15, 0.2) is 0 Å². The lowest BCUT2D eigenvalue weighted by Gasteiger charge is -2.29.